The first-order chi connectivity index (χ1) is 9.88. The van der Waals surface area contributed by atoms with E-state index in [4.69, 9.17) is 11.6 Å². The van der Waals surface area contributed by atoms with Crippen molar-refractivity contribution in [1.29, 1.82) is 0 Å². The maximum Gasteiger partial charge on any atom is 0.237 e. The van der Waals surface area contributed by atoms with Crippen molar-refractivity contribution in [2.45, 2.75) is 24.3 Å². The maximum absolute atomic E-state index is 13.1. The Morgan fingerprint density at radius 1 is 1.48 bits per heavy atom. The minimum atomic E-state index is -0.522. The molecule has 1 amide bonds. The fraction of sp³-hybridized carbons (Fsp3) is 0.308. The number of aryl methyl sites for hydroxylation is 1. The van der Waals surface area contributed by atoms with Gasteiger partial charge in [-0.05, 0) is 32.0 Å². The number of anilines is 1. The topological polar surface area (TPSA) is 59.8 Å². The first-order valence-corrected chi connectivity index (χ1v) is 7.43. The minimum absolute atomic E-state index is 0.0305. The third-order valence-corrected chi connectivity index (χ3v) is 4.31. The number of hydrogen-bond donors (Lipinski definition) is 1. The summed E-state index contributed by atoms with van der Waals surface area (Å²) in [7, 11) is 1.84. The molecule has 1 aromatic heterocycles. The molecule has 1 aromatic carbocycles. The predicted molar refractivity (Wildman–Crippen MR) is 81.1 cm³/mol. The molecule has 0 spiro atoms. The van der Waals surface area contributed by atoms with Gasteiger partial charge in [0.2, 0.25) is 5.91 Å². The third kappa shape index (κ3) is 3.74. The summed E-state index contributed by atoms with van der Waals surface area (Å²) < 4.78 is 14.9. The predicted octanol–water partition coefficient (Wildman–Crippen LogP) is 3.04. The Hall–Kier alpha value is -1.60. The Morgan fingerprint density at radius 3 is 2.76 bits per heavy atom. The number of rotatable bonds is 4. The van der Waals surface area contributed by atoms with Crippen LogP contribution in [0.2, 0.25) is 5.02 Å². The van der Waals surface area contributed by atoms with E-state index < -0.39 is 5.82 Å². The van der Waals surface area contributed by atoms with Crippen LogP contribution in [-0.2, 0) is 11.8 Å². The molecule has 0 fully saturated rings. The van der Waals surface area contributed by atoms with Gasteiger partial charge in [0.1, 0.15) is 11.6 Å². The number of thioether (sulfide) groups is 1. The van der Waals surface area contributed by atoms with Crippen molar-refractivity contribution in [3.05, 3.63) is 34.9 Å². The van der Waals surface area contributed by atoms with Crippen LogP contribution in [0.25, 0.3) is 0 Å². The number of benzene rings is 1. The molecule has 1 atom stereocenters. The zero-order chi connectivity index (χ0) is 15.6. The number of nitrogens with one attached hydrogen (secondary N) is 1. The smallest absolute Gasteiger partial charge is 0.237 e. The van der Waals surface area contributed by atoms with E-state index in [2.05, 4.69) is 15.5 Å². The lowest BCUT2D eigenvalue weighted by molar-refractivity contribution is -0.115. The molecule has 0 saturated carbocycles. The molecule has 0 bridgehead atoms. The van der Waals surface area contributed by atoms with Crippen molar-refractivity contribution in [3.8, 4) is 0 Å². The Kier molecular flexibility index (Phi) is 4.84. The molecule has 0 aliphatic heterocycles. The van der Waals surface area contributed by atoms with Crippen molar-refractivity contribution in [3.63, 3.8) is 0 Å². The van der Waals surface area contributed by atoms with E-state index in [1.54, 1.807) is 6.92 Å². The van der Waals surface area contributed by atoms with E-state index in [1.165, 1.54) is 30.0 Å². The fourth-order valence-corrected chi connectivity index (χ4v) is 2.56. The highest BCUT2D eigenvalue weighted by atomic mass is 35.5. The van der Waals surface area contributed by atoms with Gasteiger partial charge in [-0.15, -0.1) is 10.2 Å². The Morgan fingerprint density at radius 2 is 2.19 bits per heavy atom. The van der Waals surface area contributed by atoms with Crippen molar-refractivity contribution >= 4 is 35.0 Å². The summed E-state index contributed by atoms with van der Waals surface area (Å²) in [6.45, 7) is 3.59. The standard InChI is InChI=1S/C13H14ClFN4OS/c1-7(21-13-18-17-8(2)19(13)3)12(20)16-9-4-5-11(15)10(14)6-9/h4-7H,1-3H3,(H,16,20). The minimum Gasteiger partial charge on any atom is -0.325 e. The van der Waals surface area contributed by atoms with E-state index in [0.717, 1.165) is 5.82 Å². The summed E-state index contributed by atoms with van der Waals surface area (Å²) in [4.78, 5) is 12.1. The average Bonchev–Trinajstić information content (AvgIpc) is 2.75. The highest BCUT2D eigenvalue weighted by Crippen LogP contribution is 2.24. The summed E-state index contributed by atoms with van der Waals surface area (Å²) in [5.74, 6) is 0.0328. The first kappa shape index (κ1) is 15.8. The van der Waals surface area contributed by atoms with Gasteiger partial charge >= 0.3 is 0 Å². The Bertz CT molecular complexity index is 676. The summed E-state index contributed by atoms with van der Waals surface area (Å²) >= 11 is 6.97. The fourth-order valence-electron chi connectivity index (χ4n) is 1.52. The summed E-state index contributed by atoms with van der Waals surface area (Å²) in [5.41, 5.74) is 0.452. The van der Waals surface area contributed by atoms with Crippen molar-refractivity contribution in [2.75, 3.05) is 5.32 Å². The number of halogens is 2. The van der Waals surface area contributed by atoms with E-state index in [9.17, 15) is 9.18 Å². The van der Waals surface area contributed by atoms with Crippen LogP contribution < -0.4 is 5.32 Å². The van der Waals surface area contributed by atoms with E-state index in [-0.39, 0.29) is 16.2 Å². The summed E-state index contributed by atoms with van der Waals surface area (Å²) in [6, 6.07) is 4.05. The molecule has 0 aliphatic carbocycles. The molecule has 0 saturated heterocycles. The molecule has 2 rings (SSSR count). The highest BCUT2D eigenvalue weighted by Gasteiger charge is 2.18. The number of carbonyl (C=O) groups is 1. The molecule has 0 aliphatic rings. The van der Waals surface area contributed by atoms with E-state index >= 15 is 0 Å². The van der Waals surface area contributed by atoms with Crippen LogP contribution in [0.4, 0.5) is 10.1 Å². The van der Waals surface area contributed by atoms with Gasteiger partial charge in [0.05, 0.1) is 10.3 Å². The quantitative estimate of drug-likeness (QED) is 0.876. The number of aromatic nitrogens is 3. The Balaban J connectivity index is 2.02. The lowest BCUT2D eigenvalue weighted by atomic mass is 10.3. The number of carbonyl (C=O) groups excluding carboxylic acids is 1. The molecule has 5 nitrogen and oxygen atoms in total. The van der Waals surface area contributed by atoms with Gasteiger partial charge in [-0.3, -0.25) is 4.79 Å². The SMILES string of the molecule is Cc1nnc(SC(C)C(=O)Nc2ccc(F)c(Cl)c2)n1C. The molecule has 2 aromatic rings. The third-order valence-electron chi connectivity index (χ3n) is 2.89. The van der Waals surface area contributed by atoms with Gasteiger partial charge in [-0.1, -0.05) is 23.4 Å². The summed E-state index contributed by atoms with van der Waals surface area (Å²) in [5, 5.41) is 10.9. The van der Waals surface area contributed by atoms with Gasteiger partial charge in [0, 0.05) is 12.7 Å². The molecule has 112 valence electrons. The summed E-state index contributed by atoms with van der Waals surface area (Å²) in [6.07, 6.45) is 0. The van der Waals surface area contributed by atoms with Gasteiger partial charge in [-0.2, -0.15) is 0 Å². The zero-order valence-electron chi connectivity index (χ0n) is 11.7. The molecular formula is C13H14ClFN4OS. The van der Waals surface area contributed by atoms with Crippen LogP contribution >= 0.6 is 23.4 Å². The molecular weight excluding hydrogens is 315 g/mol. The molecule has 8 heteroatoms. The lowest BCUT2D eigenvalue weighted by Crippen LogP contribution is -2.22. The molecule has 0 radical (unpaired) electrons. The van der Waals surface area contributed by atoms with E-state index in [1.807, 2.05) is 18.5 Å². The normalized spacial score (nSPS) is 12.2. The van der Waals surface area contributed by atoms with Crippen molar-refractivity contribution in [2.24, 2.45) is 7.05 Å². The monoisotopic (exact) mass is 328 g/mol. The maximum atomic E-state index is 13.1. The van der Waals surface area contributed by atoms with Crippen molar-refractivity contribution < 1.29 is 9.18 Å². The van der Waals surface area contributed by atoms with Crippen LogP contribution in [0, 0.1) is 12.7 Å². The second kappa shape index (κ2) is 6.44. The molecule has 21 heavy (non-hydrogen) atoms. The van der Waals surface area contributed by atoms with Crippen LogP contribution in [0.3, 0.4) is 0 Å². The van der Waals surface area contributed by atoms with Crippen LogP contribution in [0.15, 0.2) is 23.4 Å². The lowest BCUT2D eigenvalue weighted by Gasteiger charge is -2.11. The zero-order valence-corrected chi connectivity index (χ0v) is 13.3. The number of hydrogen-bond acceptors (Lipinski definition) is 4. The Labute approximate surface area is 130 Å². The first-order valence-electron chi connectivity index (χ1n) is 6.17. The van der Waals surface area contributed by atoms with E-state index in [0.29, 0.717) is 10.8 Å². The second-order valence-corrected chi connectivity index (χ2v) is 6.18. The van der Waals surface area contributed by atoms with Gasteiger partial charge in [0.25, 0.3) is 0 Å². The van der Waals surface area contributed by atoms with Crippen LogP contribution in [0.5, 0.6) is 0 Å². The number of nitrogens with zero attached hydrogens (tertiary/aromatic N) is 3. The highest BCUT2D eigenvalue weighted by molar-refractivity contribution is 8.00. The van der Waals surface area contributed by atoms with Gasteiger partial charge < -0.3 is 9.88 Å². The molecule has 1 heterocycles. The van der Waals surface area contributed by atoms with Gasteiger partial charge in [-0.25, -0.2) is 4.39 Å². The van der Waals surface area contributed by atoms with Crippen molar-refractivity contribution in [1.82, 2.24) is 14.8 Å². The molecule has 1 unspecified atom stereocenters. The second-order valence-electron chi connectivity index (χ2n) is 4.47. The van der Waals surface area contributed by atoms with Crippen LogP contribution in [0.1, 0.15) is 12.7 Å². The molecule has 1 N–H and O–H groups in total. The number of amides is 1. The average molecular weight is 329 g/mol. The largest absolute Gasteiger partial charge is 0.325 e. The van der Waals surface area contributed by atoms with Crippen LogP contribution in [-0.4, -0.2) is 25.9 Å². The van der Waals surface area contributed by atoms with Gasteiger partial charge in [0.15, 0.2) is 5.16 Å².